The summed E-state index contributed by atoms with van der Waals surface area (Å²) in [6.45, 7) is 5.24. The van der Waals surface area contributed by atoms with Crippen LogP contribution in [0.4, 0.5) is 0 Å². The quantitative estimate of drug-likeness (QED) is 0.759. The van der Waals surface area contributed by atoms with Crippen molar-refractivity contribution in [2.24, 2.45) is 0 Å². The van der Waals surface area contributed by atoms with Crippen LogP contribution in [0.3, 0.4) is 0 Å². The summed E-state index contributed by atoms with van der Waals surface area (Å²) in [5.41, 5.74) is 1.03. The average molecular weight is 262 g/mol. The fourth-order valence-corrected chi connectivity index (χ4v) is 1.74. The van der Waals surface area contributed by atoms with E-state index in [1.54, 1.807) is 6.07 Å². The molecule has 0 bridgehead atoms. The van der Waals surface area contributed by atoms with Gasteiger partial charge >= 0.3 is 0 Å². The molecule has 16 heavy (non-hydrogen) atoms. The zero-order valence-corrected chi connectivity index (χ0v) is 10.9. The third-order valence-corrected chi connectivity index (χ3v) is 3.05. The van der Waals surface area contributed by atoms with Gasteiger partial charge in [0.05, 0.1) is 10.0 Å². The number of hydrogen-bond donors (Lipinski definition) is 1. The Bertz CT molecular complexity index is 318. The van der Waals surface area contributed by atoms with Gasteiger partial charge in [0.25, 0.3) is 0 Å². The summed E-state index contributed by atoms with van der Waals surface area (Å²) in [6, 6.07) is 5.68. The molecule has 0 atom stereocenters. The molecule has 0 saturated heterocycles. The number of rotatable bonds is 7. The fraction of sp³-hybridized carbons (Fsp3) is 0.500. The van der Waals surface area contributed by atoms with Crippen molar-refractivity contribution in [3.8, 4) is 0 Å². The predicted molar refractivity (Wildman–Crippen MR) is 69.3 cm³/mol. The minimum atomic E-state index is 0.607. The summed E-state index contributed by atoms with van der Waals surface area (Å²) >= 11 is 12.0. The van der Waals surface area contributed by atoms with Crippen LogP contribution in [0.2, 0.25) is 10.0 Å². The lowest BCUT2D eigenvalue weighted by Gasteiger charge is -2.07. The van der Waals surface area contributed by atoms with E-state index in [-0.39, 0.29) is 0 Å². The predicted octanol–water partition coefficient (Wildman–Crippen LogP) is 3.51. The maximum absolute atomic E-state index is 6.06. The van der Waals surface area contributed by atoms with Crippen LogP contribution in [0, 0.1) is 0 Å². The summed E-state index contributed by atoms with van der Waals surface area (Å²) in [7, 11) is 0. The van der Waals surface area contributed by atoms with E-state index in [1.165, 1.54) is 0 Å². The Morgan fingerprint density at radius 2 is 2.12 bits per heavy atom. The van der Waals surface area contributed by atoms with Gasteiger partial charge in [-0.2, -0.15) is 0 Å². The largest absolute Gasteiger partial charge is 0.382 e. The molecule has 0 amide bonds. The molecule has 1 rings (SSSR count). The van der Waals surface area contributed by atoms with Crippen LogP contribution in [0.1, 0.15) is 18.9 Å². The van der Waals surface area contributed by atoms with Crippen LogP contribution >= 0.6 is 23.2 Å². The summed E-state index contributed by atoms with van der Waals surface area (Å²) in [4.78, 5) is 0. The van der Waals surface area contributed by atoms with Crippen molar-refractivity contribution in [2.75, 3.05) is 19.8 Å². The summed E-state index contributed by atoms with van der Waals surface area (Å²) < 4.78 is 5.24. The van der Waals surface area contributed by atoms with E-state index in [1.807, 2.05) is 19.1 Å². The van der Waals surface area contributed by atoms with Gasteiger partial charge < -0.3 is 10.1 Å². The van der Waals surface area contributed by atoms with E-state index >= 15 is 0 Å². The summed E-state index contributed by atoms with van der Waals surface area (Å²) in [5, 5.41) is 4.55. The Labute approximate surface area is 107 Å². The average Bonchev–Trinajstić information content (AvgIpc) is 2.29. The molecule has 0 saturated carbocycles. The molecule has 1 N–H and O–H groups in total. The lowest BCUT2D eigenvalue weighted by atomic mass is 10.2. The van der Waals surface area contributed by atoms with Gasteiger partial charge in [-0.3, -0.25) is 0 Å². The first-order chi connectivity index (χ1) is 7.75. The molecule has 0 fully saturated rings. The zero-order chi connectivity index (χ0) is 11.8. The Morgan fingerprint density at radius 3 is 2.88 bits per heavy atom. The highest BCUT2D eigenvalue weighted by Gasteiger charge is 2.02. The van der Waals surface area contributed by atoms with Crippen molar-refractivity contribution in [1.82, 2.24) is 5.32 Å². The van der Waals surface area contributed by atoms with Crippen molar-refractivity contribution in [2.45, 2.75) is 19.9 Å². The SMILES string of the molecule is CCOCCCNCc1cccc(Cl)c1Cl. The number of halogens is 2. The summed E-state index contributed by atoms with van der Waals surface area (Å²) in [6.07, 6.45) is 1.01. The van der Waals surface area contributed by atoms with E-state index in [0.29, 0.717) is 10.0 Å². The summed E-state index contributed by atoms with van der Waals surface area (Å²) in [5.74, 6) is 0. The molecule has 0 unspecified atom stereocenters. The van der Waals surface area contributed by atoms with Crippen molar-refractivity contribution in [3.05, 3.63) is 33.8 Å². The molecule has 90 valence electrons. The Balaban J connectivity index is 2.24. The Hall–Kier alpha value is -0.280. The van der Waals surface area contributed by atoms with Gasteiger partial charge in [-0.05, 0) is 31.5 Å². The van der Waals surface area contributed by atoms with Gasteiger partial charge in [0.1, 0.15) is 0 Å². The smallest absolute Gasteiger partial charge is 0.0637 e. The standard InChI is InChI=1S/C12H17Cl2NO/c1-2-16-8-4-7-15-9-10-5-3-6-11(13)12(10)14/h3,5-6,15H,2,4,7-9H2,1H3. The first-order valence-electron chi connectivity index (χ1n) is 5.47. The van der Waals surface area contributed by atoms with Crippen LogP contribution in [-0.2, 0) is 11.3 Å². The highest BCUT2D eigenvalue weighted by molar-refractivity contribution is 6.42. The van der Waals surface area contributed by atoms with Crippen molar-refractivity contribution in [3.63, 3.8) is 0 Å². The highest BCUT2D eigenvalue weighted by atomic mass is 35.5. The first kappa shape index (κ1) is 13.8. The fourth-order valence-electron chi connectivity index (χ4n) is 1.35. The van der Waals surface area contributed by atoms with Crippen LogP contribution in [0.15, 0.2) is 18.2 Å². The highest BCUT2D eigenvalue weighted by Crippen LogP contribution is 2.25. The third kappa shape index (κ3) is 4.71. The van der Waals surface area contributed by atoms with Gasteiger partial charge in [0, 0.05) is 19.8 Å². The van der Waals surface area contributed by atoms with Gasteiger partial charge in [0.2, 0.25) is 0 Å². The van der Waals surface area contributed by atoms with Crippen molar-refractivity contribution in [1.29, 1.82) is 0 Å². The number of nitrogens with one attached hydrogen (secondary N) is 1. The van der Waals surface area contributed by atoms with E-state index in [4.69, 9.17) is 27.9 Å². The molecule has 0 radical (unpaired) electrons. The number of hydrogen-bond acceptors (Lipinski definition) is 2. The lowest BCUT2D eigenvalue weighted by Crippen LogP contribution is -2.16. The molecule has 0 aliphatic heterocycles. The van der Waals surface area contributed by atoms with Gasteiger partial charge in [-0.1, -0.05) is 35.3 Å². The Morgan fingerprint density at radius 1 is 1.31 bits per heavy atom. The van der Waals surface area contributed by atoms with E-state index in [0.717, 1.165) is 38.3 Å². The molecule has 4 heteroatoms. The minimum absolute atomic E-state index is 0.607. The van der Waals surface area contributed by atoms with E-state index in [9.17, 15) is 0 Å². The van der Waals surface area contributed by atoms with Crippen LogP contribution in [0.5, 0.6) is 0 Å². The Kier molecular flexibility index (Phi) is 6.81. The maximum atomic E-state index is 6.06. The topological polar surface area (TPSA) is 21.3 Å². The molecular weight excluding hydrogens is 245 g/mol. The van der Waals surface area contributed by atoms with E-state index < -0.39 is 0 Å². The first-order valence-corrected chi connectivity index (χ1v) is 6.22. The molecule has 0 heterocycles. The number of ether oxygens (including phenoxy) is 1. The van der Waals surface area contributed by atoms with Gasteiger partial charge in [-0.25, -0.2) is 0 Å². The molecule has 0 aliphatic rings. The maximum Gasteiger partial charge on any atom is 0.0637 e. The monoisotopic (exact) mass is 261 g/mol. The van der Waals surface area contributed by atoms with Gasteiger partial charge in [-0.15, -0.1) is 0 Å². The minimum Gasteiger partial charge on any atom is -0.382 e. The third-order valence-electron chi connectivity index (χ3n) is 2.19. The molecule has 1 aromatic rings. The van der Waals surface area contributed by atoms with Crippen molar-refractivity contribution >= 4 is 23.2 Å². The normalized spacial score (nSPS) is 10.7. The van der Waals surface area contributed by atoms with Crippen LogP contribution in [-0.4, -0.2) is 19.8 Å². The van der Waals surface area contributed by atoms with Crippen LogP contribution in [0.25, 0.3) is 0 Å². The van der Waals surface area contributed by atoms with Crippen LogP contribution < -0.4 is 5.32 Å². The molecule has 0 aromatic heterocycles. The second kappa shape index (κ2) is 7.91. The lowest BCUT2D eigenvalue weighted by molar-refractivity contribution is 0.144. The van der Waals surface area contributed by atoms with Gasteiger partial charge in [0.15, 0.2) is 0 Å². The molecule has 0 spiro atoms. The zero-order valence-electron chi connectivity index (χ0n) is 9.43. The van der Waals surface area contributed by atoms with E-state index in [2.05, 4.69) is 5.32 Å². The number of benzene rings is 1. The molecule has 1 aromatic carbocycles. The van der Waals surface area contributed by atoms with Crippen molar-refractivity contribution < 1.29 is 4.74 Å². The molecule has 2 nitrogen and oxygen atoms in total. The molecule has 0 aliphatic carbocycles. The second-order valence-electron chi connectivity index (χ2n) is 3.44. The molecular formula is C12H17Cl2NO. The second-order valence-corrected chi connectivity index (χ2v) is 4.23.